The molecule has 0 bridgehead atoms. The summed E-state index contributed by atoms with van der Waals surface area (Å²) < 4.78 is 5.30. The molecule has 3 nitrogen and oxygen atoms in total. The van der Waals surface area contributed by atoms with Crippen LogP contribution in [0.5, 0.6) is 0 Å². The van der Waals surface area contributed by atoms with E-state index < -0.39 is 0 Å². The van der Waals surface area contributed by atoms with Gasteiger partial charge in [0.15, 0.2) is 0 Å². The molecule has 2 N–H and O–H groups in total. The van der Waals surface area contributed by atoms with Gasteiger partial charge < -0.3 is 10.5 Å². The van der Waals surface area contributed by atoms with E-state index in [1.807, 2.05) is 12.1 Å². The minimum absolute atomic E-state index is 0.156. The molecule has 0 radical (unpaired) electrons. The minimum atomic E-state index is -0.156. The second-order valence-corrected chi connectivity index (χ2v) is 6.90. The van der Waals surface area contributed by atoms with E-state index in [1.54, 1.807) is 12.1 Å². The van der Waals surface area contributed by atoms with E-state index in [9.17, 15) is 4.79 Å². The highest BCUT2D eigenvalue weighted by Gasteiger charge is 2.24. The zero-order chi connectivity index (χ0) is 15.9. The molecule has 118 valence electrons. The highest BCUT2D eigenvalue weighted by molar-refractivity contribution is 6.30. The maximum atomic E-state index is 11.8. The van der Waals surface area contributed by atoms with Crippen molar-refractivity contribution >= 4 is 17.6 Å². The molecule has 0 spiro atoms. The standard InChI is InChI=1S/C17H26ClNO2/c1-17(2,3)14(10-11-19)6-9-16(20)21-12-13-4-7-15(18)8-5-13/h4-5,7-8,14H,6,9-12,19H2,1-3H3. The number of carbonyl (C=O) groups is 1. The number of nitrogens with two attached hydrogens (primary N) is 1. The molecule has 0 saturated heterocycles. The van der Waals surface area contributed by atoms with Crippen LogP contribution in [0.2, 0.25) is 5.02 Å². The molecule has 0 aliphatic rings. The molecule has 0 aliphatic carbocycles. The minimum Gasteiger partial charge on any atom is -0.461 e. The third kappa shape index (κ3) is 6.96. The number of hydrogen-bond acceptors (Lipinski definition) is 3. The first-order chi connectivity index (χ1) is 9.82. The second-order valence-electron chi connectivity index (χ2n) is 6.47. The van der Waals surface area contributed by atoms with Crippen LogP contribution in [0.4, 0.5) is 0 Å². The first-order valence-corrected chi connectivity index (χ1v) is 7.81. The maximum Gasteiger partial charge on any atom is 0.306 e. The summed E-state index contributed by atoms with van der Waals surface area (Å²) >= 11 is 5.81. The molecule has 0 heterocycles. The van der Waals surface area contributed by atoms with Crippen molar-refractivity contribution in [3.8, 4) is 0 Å². The van der Waals surface area contributed by atoms with Crippen molar-refractivity contribution in [2.45, 2.75) is 46.6 Å². The monoisotopic (exact) mass is 311 g/mol. The lowest BCUT2D eigenvalue weighted by atomic mass is 9.76. The van der Waals surface area contributed by atoms with Gasteiger partial charge in [0.2, 0.25) is 0 Å². The summed E-state index contributed by atoms with van der Waals surface area (Å²) in [5.41, 5.74) is 6.76. The normalized spacial score (nSPS) is 13.0. The topological polar surface area (TPSA) is 52.3 Å². The molecule has 1 rings (SSSR count). The largest absolute Gasteiger partial charge is 0.461 e. The Morgan fingerprint density at radius 1 is 1.24 bits per heavy atom. The van der Waals surface area contributed by atoms with Crippen molar-refractivity contribution in [2.75, 3.05) is 6.54 Å². The van der Waals surface area contributed by atoms with Gasteiger partial charge in [0.05, 0.1) is 0 Å². The number of halogens is 1. The molecule has 1 aromatic carbocycles. The fourth-order valence-corrected chi connectivity index (χ4v) is 2.45. The van der Waals surface area contributed by atoms with Crippen molar-refractivity contribution in [1.29, 1.82) is 0 Å². The van der Waals surface area contributed by atoms with E-state index in [2.05, 4.69) is 20.8 Å². The highest BCUT2D eigenvalue weighted by Crippen LogP contribution is 2.32. The Morgan fingerprint density at radius 2 is 1.86 bits per heavy atom. The quantitative estimate of drug-likeness (QED) is 0.769. The summed E-state index contributed by atoms with van der Waals surface area (Å²) in [5, 5.41) is 0.680. The fraction of sp³-hybridized carbons (Fsp3) is 0.588. The summed E-state index contributed by atoms with van der Waals surface area (Å²) in [6.45, 7) is 7.51. The second kappa shape index (κ2) is 8.40. The zero-order valence-electron chi connectivity index (χ0n) is 13.2. The molecule has 0 aliphatic heterocycles. The Labute approximate surface area is 132 Å². The van der Waals surface area contributed by atoms with Crippen LogP contribution in [0.3, 0.4) is 0 Å². The van der Waals surface area contributed by atoms with Gasteiger partial charge in [-0.15, -0.1) is 0 Å². The van der Waals surface area contributed by atoms with Gasteiger partial charge in [-0.1, -0.05) is 44.5 Å². The molecule has 1 aromatic rings. The van der Waals surface area contributed by atoms with E-state index in [4.69, 9.17) is 22.1 Å². The van der Waals surface area contributed by atoms with Crippen LogP contribution < -0.4 is 5.73 Å². The third-order valence-corrected chi connectivity index (χ3v) is 4.00. The number of benzene rings is 1. The lowest BCUT2D eigenvalue weighted by molar-refractivity contribution is -0.145. The smallest absolute Gasteiger partial charge is 0.306 e. The molecule has 4 heteroatoms. The summed E-state index contributed by atoms with van der Waals surface area (Å²) in [6.07, 6.45) is 2.20. The van der Waals surface area contributed by atoms with Crippen molar-refractivity contribution in [3.05, 3.63) is 34.9 Å². The van der Waals surface area contributed by atoms with Gasteiger partial charge in [-0.3, -0.25) is 4.79 Å². The van der Waals surface area contributed by atoms with E-state index in [0.29, 0.717) is 30.5 Å². The summed E-state index contributed by atoms with van der Waals surface area (Å²) in [5.74, 6) is 0.279. The van der Waals surface area contributed by atoms with Crippen molar-refractivity contribution in [3.63, 3.8) is 0 Å². The van der Waals surface area contributed by atoms with E-state index in [-0.39, 0.29) is 11.4 Å². The van der Waals surface area contributed by atoms with Crippen LogP contribution >= 0.6 is 11.6 Å². The maximum absolute atomic E-state index is 11.8. The Kier molecular flexibility index (Phi) is 7.20. The Balaban J connectivity index is 2.37. The number of rotatable bonds is 7. The summed E-state index contributed by atoms with van der Waals surface area (Å²) in [7, 11) is 0. The molecule has 0 fully saturated rings. The number of ether oxygens (including phenoxy) is 1. The Morgan fingerprint density at radius 3 is 2.38 bits per heavy atom. The SMILES string of the molecule is CC(C)(C)C(CCN)CCC(=O)OCc1ccc(Cl)cc1. The highest BCUT2D eigenvalue weighted by atomic mass is 35.5. The molecule has 1 atom stereocenters. The van der Waals surface area contributed by atoms with Crippen molar-refractivity contribution in [2.24, 2.45) is 17.1 Å². The number of esters is 1. The lowest BCUT2D eigenvalue weighted by Crippen LogP contribution is -2.24. The molecule has 21 heavy (non-hydrogen) atoms. The van der Waals surface area contributed by atoms with Gasteiger partial charge in [0, 0.05) is 11.4 Å². The van der Waals surface area contributed by atoms with Gasteiger partial charge >= 0.3 is 5.97 Å². The average molecular weight is 312 g/mol. The van der Waals surface area contributed by atoms with Crippen molar-refractivity contribution in [1.82, 2.24) is 0 Å². The van der Waals surface area contributed by atoms with Crippen LogP contribution in [0.25, 0.3) is 0 Å². The van der Waals surface area contributed by atoms with Crippen LogP contribution in [0.15, 0.2) is 24.3 Å². The zero-order valence-corrected chi connectivity index (χ0v) is 14.0. The van der Waals surface area contributed by atoms with Gasteiger partial charge in [0.1, 0.15) is 6.61 Å². The Bertz CT molecular complexity index is 437. The lowest BCUT2D eigenvalue weighted by Gasteiger charge is -2.30. The molecule has 0 saturated carbocycles. The van der Waals surface area contributed by atoms with Crippen LogP contribution in [0.1, 0.15) is 45.6 Å². The molecule has 0 amide bonds. The van der Waals surface area contributed by atoms with E-state index in [1.165, 1.54) is 0 Å². The van der Waals surface area contributed by atoms with E-state index in [0.717, 1.165) is 18.4 Å². The van der Waals surface area contributed by atoms with Crippen LogP contribution in [0, 0.1) is 11.3 Å². The third-order valence-electron chi connectivity index (χ3n) is 3.75. The summed E-state index contributed by atoms with van der Waals surface area (Å²) in [6, 6.07) is 7.31. The predicted molar refractivity (Wildman–Crippen MR) is 87.1 cm³/mol. The van der Waals surface area contributed by atoms with Gasteiger partial charge in [-0.05, 0) is 48.4 Å². The van der Waals surface area contributed by atoms with Gasteiger partial charge in [-0.25, -0.2) is 0 Å². The first-order valence-electron chi connectivity index (χ1n) is 7.43. The molecular weight excluding hydrogens is 286 g/mol. The fourth-order valence-electron chi connectivity index (χ4n) is 2.32. The first kappa shape index (κ1) is 18.0. The summed E-state index contributed by atoms with van der Waals surface area (Å²) in [4.78, 5) is 11.8. The molecule has 0 aromatic heterocycles. The number of carbonyl (C=O) groups excluding carboxylic acids is 1. The Hall–Kier alpha value is -1.06. The van der Waals surface area contributed by atoms with Crippen LogP contribution in [-0.4, -0.2) is 12.5 Å². The van der Waals surface area contributed by atoms with Crippen LogP contribution in [-0.2, 0) is 16.1 Å². The predicted octanol–water partition coefficient (Wildman–Crippen LogP) is 4.17. The van der Waals surface area contributed by atoms with E-state index >= 15 is 0 Å². The van der Waals surface area contributed by atoms with Crippen molar-refractivity contribution < 1.29 is 9.53 Å². The molecular formula is C17H26ClNO2. The molecule has 1 unspecified atom stereocenters. The van der Waals surface area contributed by atoms with Gasteiger partial charge in [0.25, 0.3) is 0 Å². The van der Waals surface area contributed by atoms with Gasteiger partial charge in [-0.2, -0.15) is 0 Å². The number of hydrogen-bond donors (Lipinski definition) is 1. The average Bonchev–Trinajstić information content (AvgIpc) is 2.41.